The first kappa shape index (κ1) is 9.86. The highest BCUT2D eigenvalue weighted by Gasteiger charge is 2.13. The maximum absolute atomic E-state index is 13.6. The summed E-state index contributed by atoms with van der Waals surface area (Å²) in [5.41, 5.74) is 1.22. The van der Waals surface area contributed by atoms with Gasteiger partial charge >= 0.3 is 0 Å². The van der Waals surface area contributed by atoms with Gasteiger partial charge in [-0.2, -0.15) is 0 Å². The lowest BCUT2D eigenvalue weighted by atomic mass is 10.2. The van der Waals surface area contributed by atoms with Crippen LogP contribution in [-0.4, -0.2) is 12.1 Å². The Hall–Kier alpha value is -0.680. The number of aryl methyl sites for hydroxylation is 1. The van der Waals surface area contributed by atoms with Crippen LogP contribution in [0, 0.1) is 12.7 Å². The molecule has 2 aromatic rings. The summed E-state index contributed by atoms with van der Waals surface area (Å²) in [6.45, 7) is 1.70. The van der Waals surface area contributed by atoms with Crippen LogP contribution in [0.15, 0.2) is 9.98 Å². The van der Waals surface area contributed by atoms with Gasteiger partial charge in [-0.1, -0.05) is 0 Å². The van der Waals surface area contributed by atoms with Crippen LogP contribution in [0.1, 0.15) is 5.56 Å². The molecule has 2 rings (SSSR count). The van der Waals surface area contributed by atoms with Gasteiger partial charge in [0, 0.05) is 11.6 Å². The highest BCUT2D eigenvalue weighted by Crippen LogP contribution is 2.34. The monoisotopic (exact) mass is 275 g/mol. The van der Waals surface area contributed by atoms with E-state index in [9.17, 15) is 4.39 Å². The molecule has 2 nitrogen and oxygen atoms in total. The largest absolute Gasteiger partial charge is 0.494 e. The SMILES string of the molecule is COc1cc2sc(Br)nc2c(C)c1F. The zero-order chi connectivity index (χ0) is 10.3. The minimum Gasteiger partial charge on any atom is -0.494 e. The van der Waals surface area contributed by atoms with Crippen molar-refractivity contribution in [2.24, 2.45) is 0 Å². The Labute approximate surface area is 92.8 Å². The molecule has 0 fully saturated rings. The van der Waals surface area contributed by atoms with Crippen LogP contribution < -0.4 is 4.74 Å². The lowest BCUT2D eigenvalue weighted by Gasteiger charge is -2.04. The van der Waals surface area contributed by atoms with Crippen molar-refractivity contribution >= 4 is 37.5 Å². The molecule has 74 valence electrons. The summed E-state index contributed by atoms with van der Waals surface area (Å²) < 4.78 is 20.2. The van der Waals surface area contributed by atoms with E-state index in [2.05, 4.69) is 20.9 Å². The molecule has 0 radical (unpaired) electrons. The zero-order valence-corrected chi connectivity index (χ0v) is 10.00. The second-order valence-electron chi connectivity index (χ2n) is 2.83. The number of fused-ring (bicyclic) bond motifs is 1. The van der Waals surface area contributed by atoms with E-state index in [1.807, 2.05) is 0 Å². The predicted octanol–water partition coefficient (Wildman–Crippen LogP) is 3.51. The summed E-state index contributed by atoms with van der Waals surface area (Å²) >= 11 is 4.74. The molecule has 0 spiro atoms. The molecule has 0 aliphatic rings. The smallest absolute Gasteiger partial charge is 0.170 e. The molecule has 14 heavy (non-hydrogen) atoms. The maximum atomic E-state index is 13.6. The van der Waals surface area contributed by atoms with Gasteiger partial charge in [0.2, 0.25) is 0 Å². The van der Waals surface area contributed by atoms with E-state index in [1.54, 1.807) is 13.0 Å². The van der Waals surface area contributed by atoms with Gasteiger partial charge in [0.25, 0.3) is 0 Å². The molecule has 0 atom stereocenters. The highest BCUT2D eigenvalue weighted by atomic mass is 79.9. The van der Waals surface area contributed by atoms with Crippen molar-refractivity contribution in [3.63, 3.8) is 0 Å². The third kappa shape index (κ3) is 1.40. The number of hydrogen-bond acceptors (Lipinski definition) is 3. The van der Waals surface area contributed by atoms with Gasteiger partial charge in [-0.3, -0.25) is 0 Å². The number of nitrogens with zero attached hydrogens (tertiary/aromatic N) is 1. The summed E-state index contributed by atoms with van der Waals surface area (Å²) in [4.78, 5) is 4.19. The van der Waals surface area contributed by atoms with Crippen LogP contribution in [0.3, 0.4) is 0 Å². The number of ether oxygens (including phenoxy) is 1. The molecule has 0 bridgehead atoms. The summed E-state index contributed by atoms with van der Waals surface area (Å²) in [7, 11) is 1.46. The van der Waals surface area contributed by atoms with Gasteiger partial charge < -0.3 is 4.74 Å². The normalized spacial score (nSPS) is 10.9. The number of methoxy groups -OCH3 is 1. The molecule has 0 amide bonds. The number of halogens is 2. The van der Waals surface area contributed by atoms with E-state index in [1.165, 1.54) is 18.4 Å². The summed E-state index contributed by atoms with van der Waals surface area (Å²) in [5, 5.41) is 0. The van der Waals surface area contributed by atoms with Crippen molar-refractivity contribution in [3.05, 3.63) is 21.4 Å². The molecule has 0 saturated heterocycles. The second-order valence-corrected chi connectivity index (χ2v) is 5.14. The predicted molar refractivity (Wildman–Crippen MR) is 58.6 cm³/mol. The van der Waals surface area contributed by atoms with E-state index in [4.69, 9.17) is 4.74 Å². The highest BCUT2D eigenvalue weighted by molar-refractivity contribution is 9.11. The van der Waals surface area contributed by atoms with E-state index < -0.39 is 0 Å². The van der Waals surface area contributed by atoms with E-state index in [0.717, 1.165) is 8.62 Å². The molecule has 0 aliphatic carbocycles. The van der Waals surface area contributed by atoms with Crippen molar-refractivity contribution in [3.8, 4) is 5.75 Å². The lowest BCUT2D eigenvalue weighted by molar-refractivity contribution is 0.386. The average molecular weight is 276 g/mol. The molecular formula is C9H7BrFNOS. The van der Waals surface area contributed by atoms with Crippen molar-refractivity contribution in [1.29, 1.82) is 0 Å². The van der Waals surface area contributed by atoms with Gasteiger partial charge in [-0.25, -0.2) is 9.37 Å². The zero-order valence-electron chi connectivity index (χ0n) is 7.60. The Bertz CT molecular complexity index is 497. The van der Waals surface area contributed by atoms with E-state index in [-0.39, 0.29) is 11.6 Å². The fourth-order valence-corrected chi connectivity index (χ4v) is 2.77. The van der Waals surface area contributed by atoms with Crippen molar-refractivity contribution in [2.45, 2.75) is 6.92 Å². The van der Waals surface area contributed by atoms with Crippen LogP contribution in [0.25, 0.3) is 10.2 Å². The number of hydrogen-bond donors (Lipinski definition) is 0. The Morgan fingerprint density at radius 1 is 1.57 bits per heavy atom. The molecular weight excluding hydrogens is 269 g/mol. The third-order valence-electron chi connectivity index (χ3n) is 2.01. The number of aromatic nitrogens is 1. The Balaban J connectivity index is 2.84. The minimum absolute atomic E-state index is 0.270. The Morgan fingerprint density at radius 2 is 2.29 bits per heavy atom. The number of benzene rings is 1. The molecule has 0 aliphatic heterocycles. The molecule has 0 saturated carbocycles. The number of thiazole rings is 1. The van der Waals surface area contributed by atoms with Gasteiger partial charge in [0.15, 0.2) is 15.5 Å². The van der Waals surface area contributed by atoms with Gasteiger partial charge in [-0.05, 0) is 22.9 Å². The minimum atomic E-state index is -0.335. The van der Waals surface area contributed by atoms with Crippen LogP contribution in [0.4, 0.5) is 4.39 Å². The van der Waals surface area contributed by atoms with E-state index >= 15 is 0 Å². The first-order chi connectivity index (χ1) is 6.63. The molecule has 1 aromatic heterocycles. The Kier molecular flexibility index (Phi) is 2.45. The molecule has 5 heteroatoms. The quantitative estimate of drug-likeness (QED) is 0.795. The maximum Gasteiger partial charge on any atom is 0.170 e. The van der Waals surface area contributed by atoms with Crippen LogP contribution >= 0.6 is 27.3 Å². The first-order valence-electron chi connectivity index (χ1n) is 3.92. The van der Waals surface area contributed by atoms with Gasteiger partial charge in [0.05, 0.1) is 17.3 Å². The van der Waals surface area contributed by atoms with Crippen LogP contribution in [0.5, 0.6) is 5.75 Å². The van der Waals surface area contributed by atoms with Crippen molar-refractivity contribution in [2.75, 3.05) is 7.11 Å². The lowest BCUT2D eigenvalue weighted by Crippen LogP contribution is -1.91. The molecule has 0 N–H and O–H groups in total. The fourth-order valence-electron chi connectivity index (χ4n) is 1.29. The Morgan fingerprint density at radius 3 is 2.93 bits per heavy atom. The van der Waals surface area contributed by atoms with Crippen molar-refractivity contribution in [1.82, 2.24) is 4.98 Å². The number of rotatable bonds is 1. The third-order valence-corrected chi connectivity index (χ3v) is 3.46. The topological polar surface area (TPSA) is 22.1 Å². The molecule has 1 aromatic carbocycles. The summed E-state index contributed by atoms with van der Waals surface area (Å²) in [6.07, 6.45) is 0. The van der Waals surface area contributed by atoms with Crippen LogP contribution in [0.2, 0.25) is 0 Å². The molecule has 0 unspecified atom stereocenters. The fraction of sp³-hybridized carbons (Fsp3) is 0.222. The van der Waals surface area contributed by atoms with Crippen LogP contribution in [-0.2, 0) is 0 Å². The van der Waals surface area contributed by atoms with Gasteiger partial charge in [0.1, 0.15) is 0 Å². The van der Waals surface area contributed by atoms with E-state index in [0.29, 0.717) is 11.1 Å². The second kappa shape index (κ2) is 3.47. The van der Waals surface area contributed by atoms with Crippen molar-refractivity contribution < 1.29 is 9.13 Å². The standard InChI is InChI=1S/C9H7BrFNOS/c1-4-7(11)5(13-2)3-6-8(4)12-9(10)14-6/h3H,1-2H3. The summed E-state index contributed by atoms with van der Waals surface area (Å²) in [5.74, 6) is -0.0658. The average Bonchev–Trinajstić information content (AvgIpc) is 2.52. The summed E-state index contributed by atoms with van der Waals surface area (Å²) in [6, 6.07) is 1.67. The van der Waals surface area contributed by atoms with Gasteiger partial charge in [-0.15, -0.1) is 11.3 Å². The first-order valence-corrected chi connectivity index (χ1v) is 5.53. The molecule has 1 heterocycles.